The molecule has 0 rings (SSSR count). The lowest BCUT2D eigenvalue weighted by molar-refractivity contribution is -0.000448. The zero-order valence-electron chi connectivity index (χ0n) is 11.0. The third-order valence-electron chi connectivity index (χ3n) is 2.32. The van der Waals surface area contributed by atoms with Gasteiger partial charge in [0.1, 0.15) is 0 Å². The first-order valence-electron chi connectivity index (χ1n) is 6.13. The van der Waals surface area contributed by atoms with Gasteiger partial charge < -0.3 is 18.9 Å². The molecular weight excluding hydrogens is 288 g/mol. The maximum absolute atomic E-state index is 5.51. The summed E-state index contributed by atoms with van der Waals surface area (Å²) in [6, 6.07) is 0. The van der Waals surface area contributed by atoms with E-state index in [2.05, 4.69) is 22.9 Å². The molecule has 0 amide bonds. The van der Waals surface area contributed by atoms with Gasteiger partial charge in [-0.05, 0) is 5.92 Å². The Labute approximate surface area is 113 Å². The Bertz CT molecular complexity index is 142. The number of halogens is 1. The Balaban J connectivity index is 3.03. The summed E-state index contributed by atoms with van der Waals surface area (Å²) in [6.45, 7) is 6.74. The van der Waals surface area contributed by atoms with E-state index >= 15 is 0 Å². The molecule has 5 heteroatoms. The molecule has 0 spiro atoms. The topological polar surface area (TPSA) is 36.9 Å². The van der Waals surface area contributed by atoms with Crippen LogP contribution in [0.4, 0.5) is 0 Å². The summed E-state index contributed by atoms with van der Waals surface area (Å²) in [5.74, 6) is 0.604. The molecule has 0 aliphatic rings. The Morgan fingerprint density at radius 2 is 1.41 bits per heavy atom. The molecule has 0 heterocycles. The molecule has 17 heavy (non-hydrogen) atoms. The number of alkyl halides is 1. The van der Waals surface area contributed by atoms with Gasteiger partial charge in [-0.1, -0.05) is 29.3 Å². The van der Waals surface area contributed by atoms with E-state index in [9.17, 15) is 0 Å². The van der Waals surface area contributed by atoms with Crippen LogP contribution in [-0.4, -0.2) is 58.7 Å². The summed E-state index contributed by atoms with van der Waals surface area (Å²) in [7, 11) is 1.66. The predicted molar refractivity (Wildman–Crippen MR) is 71.9 cm³/mol. The number of ether oxygens (including phenoxy) is 4. The minimum absolute atomic E-state index is 0.604. The zero-order chi connectivity index (χ0) is 12.8. The van der Waals surface area contributed by atoms with Gasteiger partial charge in [0.2, 0.25) is 0 Å². The van der Waals surface area contributed by atoms with Gasteiger partial charge >= 0.3 is 0 Å². The number of hydrogen-bond donors (Lipinski definition) is 0. The van der Waals surface area contributed by atoms with Crippen molar-refractivity contribution in [3.63, 3.8) is 0 Å². The van der Waals surface area contributed by atoms with Gasteiger partial charge in [0.15, 0.2) is 0 Å². The highest BCUT2D eigenvalue weighted by molar-refractivity contribution is 9.09. The van der Waals surface area contributed by atoms with Crippen LogP contribution in [0, 0.1) is 5.92 Å². The lowest BCUT2D eigenvalue weighted by Crippen LogP contribution is -2.15. The molecule has 0 saturated carbocycles. The van der Waals surface area contributed by atoms with E-state index < -0.39 is 0 Å². The maximum atomic E-state index is 5.51. The van der Waals surface area contributed by atoms with Gasteiger partial charge in [-0.15, -0.1) is 0 Å². The fourth-order valence-corrected chi connectivity index (χ4v) is 1.75. The van der Waals surface area contributed by atoms with Crippen LogP contribution in [-0.2, 0) is 18.9 Å². The van der Waals surface area contributed by atoms with Gasteiger partial charge in [0.05, 0.1) is 46.2 Å². The molecule has 104 valence electrons. The van der Waals surface area contributed by atoms with E-state index in [1.165, 1.54) is 0 Å². The van der Waals surface area contributed by atoms with Gasteiger partial charge in [0.25, 0.3) is 0 Å². The smallest absolute Gasteiger partial charge is 0.0701 e. The highest BCUT2D eigenvalue weighted by Gasteiger charge is 2.03. The van der Waals surface area contributed by atoms with Gasteiger partial charge in [-0.25, -0.2) is 0 Å². The molecule has 4 nitrogen and oxygen atoms in total. The molecule has 0 aromatic carbocycles. The molecular formula is C12H25BrO4. The Hall–Kier alpha value is 0.320. The summed E-state index contributed by atoms with van der Waals surface area (Å²) in [5, 5.41) is 0.998. The van der Waals surface area contributed by atoms with Crippen LogP contribution in [0.1, 0.15) is 13.3 Å². The SMILES string of the molecule is CCC(CBr)COCCOCCOCCOC. The van der Waals surface area contributed by atoms with E-state index in [0.717, 1.165) is 18.4 Å². The van der Waals surface area contributed by atoms with Crippen LogP contribution in [0.15, 0.2) is 0 Å². The number of rotatable bonds is 13. The van der Waals surface area contributed by atoms with E-state index in [1.54, 1.807) is 7.11 Å². The first-order chi connectivity index (χ1) is 8.35. The normalized spacial score (nSPS) is 12.9. The molecule has 0 bridgehead atoms. The molecule has 0 N–H and O–H groups in total. The summed E-state index contributed by atoms with van der Waals surface area (Å²) in [4.78, 5) is 0. The first kappa shape index (κ1) is 17.3. The van der Waals surface area contributed by atoms with Crippen LogP contribution >= 0.6 is 15.9 Å². The second-order valence-corrected chi connectivity index (χ2v) is 4.37. The van der Waals surface area contributed by atoms with E-state index in [4.69, 9.17) is 18.9 Å². The van der Waals surface area contributed by atoms with Crippen molar-refractivity contribution in [2.24, 2.45) is 5.92 Å². The van der Waals surface area contributed by atoms with Crippen molar-refractivity contribution in [2.45, 2.75) is 13.3 Å². The summed E-state index contributed by atoms with van der Waals surface area (Å²) < 4.78 is 21.0. The van der Waals surface area contributed by atoms with E-state index in [1.807, 2.05) is 0 Å². The maximum Gasteiger partial charge on any atom is 0.0701 e. The lowest BCUT2D eigenvalue weighted by Gasteiger charge is -2.11. The third kappa shape index (κ3) is 12.6. The van der Waals surface area contributed by atoms with Crippen molar-refractivity contribution in [1.82, 2.24) is 0 Å². The van der Waals surface area contributed by atoms with Gasteiger partial charge in [-0.3, -0.25) is 0 Å². The van der Waals surface area contributed by atoms with Gasteiger partial charge in [-0.2, -0.15) is 0 Å². The van der Waals surface area contributed by atoms with Crippen LogP contribution < -0.4 is 0 Å². The third-order valence-corrected chi connectivity index (χ3v) is 3.24. The summed E-state index contributed by atoms with van der Waals surface area (Å²) >= 11 is 3.46. The van der Waals surface area contributed by atoms with Crippen molar-refractivity contribution in [3.8, 4) is 0 Å². The number of hydrogen-bond acceptors (Lipinski definition) is 4. The zero-order valence-corrected chi connectivity index (χ0v) is 12.5. The molecule has 0 aromatic heterocycles. The molecule has 0 aromatic rings. The average Bonchev–Trinajstić information content (AvgIpc) is 2.36. The largest absolute Gasteiger partial charge is 0.382 e. The van der Waals surface area contributed by atoms with Crippen molar-refractivity contribution < 1.29 is 18.9 Å². The Kier molecular flexibility index (Phi) is 14.7. The van der Waals surface area contributed by atoms with Crippen molar-refractivity contribution in [2.75, 3.05) is 58.7 Å². The monoisotopic (exact) mass is 312 g/mol. The highest BCUT2D eigenvalue weighted by atomic mass is 79.9. The van der Waals surface area contributed by atoms with Crippen molar-refractivity contribution in [3.05, 3.63) is 0 Å². The van der Waals surface area contributed by atoms with Crippen molar-refractivity contribution in [1.29, 1.82) is 0 Å². The number of methoxy groups -OCH3 is 1. The van der Waals surface area contributed by atoms with Gasteiger partial charge in [0, 0.05) is 12.4 Å². The fourth-order valence-electron chi connectivity index (χ4n) is 1.10. The predicted octanol–water partition coefficient (Wildman–Crippen LogP) is 2.10. The van der Waals surface area contributed by atoms with Crippen LogP contribution in [0.5, 0.6) is 0 Å². The molecule has 0 radical (unpaired) electrons. The Morgan fingerprint density at radius 1 is 0.882 bits per heavy atom. The minimum Gasteiger partial charge on any atom is -0.382 e. The average molecular weight is 313 g/mol. The second kappa shape index (κ2) is 14.4. The van der Waals surface area contributed by atoms with Crippen LogP contribution in [0.3, 0.4) is 0 Å². The Morgan fingerprint density at radius 3 is 1.88 bits per heavy atom. The molecule has 0 aliphatic heterocycles. The second-order valence-electron chi connectivity index (χ2n) is 3.72. The van der Waals surface area contributed by atoms with Crippen LogP contribution in [0.25, 0.3) is 0 Å². The molecule has 1 unspecified atom stereocenters. The standard InChI is InChI=1S/C12H25BrO4/c1-3-12(10-13)11-17-9-8-16-7-6-15-5-4-14-2/h12H,3-11H2,1-2H3. The first-order valence-corrected chi connectivity index (χ1v) is 7.25. The van der Waals surface area contributed by atoms with E-state index in [-0.39, 0.29) is 0 Å². The summed E-state index contributed by atoms with van der Waals surface area (Å²) in [5.41, 5.74) is 0. The van der Waals surface area contributed by atoms with Crippen LogP contribution in [0.2, 0.25) is 0 Å². The van der Waals surface area contributed by atoms with Crippen molar-refractivity contribution >= 4 is 15.9 Å². The summed E-state index contributed by atoms with van der Waals surface area (Å²) in [6.07, 6.45) is 1.14. The van der Waals surface area contributed by atoms with E-state index in [0.29, 0.717) is 45.6 Å². The molecule has 0 aliphatic carbocycles. The lowest BCUT2D eigenvalue weighted by atomic mass is 10.1. The molecule has 0 fully saturated rings. The quantitative estimate of drug-likeness (QED) is 0.385. The minimum atomic E-state index is 0.604. The highest BCUT2D eigenvalue weighted by Crippen LogP contribution is 2.06. The fraction of sp³-hybridized carbons (Fsp3) is 1.00. The molecule has 1 atom stereocenters. The molecule has 0 saturated heterocycles.